The van der Waals surface area contributed by atoms with Crippen LogP contribution in [0.3, 0.4) is 0 Å². The molecule has 3 rings (SSSR count). The van der Waals surface area contributed by atoms with E-state index in [-0.39, 0.29) is 18.0 Å². The summed E-state index contributed by atoms with van der Waals surface area (Å²) < 4.78 is 29.4. The minimum absolute atomic E-state index is 0.0192. The first-order chi connectivity index (χ1) is 14.2. The monoisotopic (exact) mass is 497 g/mol. The Balaban J connectivity index is 1.57. The Labute approximate surface area is 184 Å². The first kappa shape index (κ1) is 22.4. The molecule has 0 saturated carbocycles. The molecule has 0 radical (unpaired) electrons. The van der Waals surface area contributed by atoms with Gasteiger partial charge in [-0.25, -0.2) is 8.42 Å². The molecule has 162 valence electrons. The molecule has 0 bridgehead atoms. The highest BCUT2D eigenvalue weighted by Gasteiger charge is 2.33. The van der Waals surface area contributed by atoms with Crippen LogP contribution in [-0.2, 0) is 26.2 Å². The van der Waals surface area contributed by atoms with Crippen LogP contribution in [0.1, 0.15) is 24.2 Å². The number of benzene rings is 1. The van der Waals surface area contributed by atoms with Gasteiger partial charge in [-0.2, -0.15) is 9.40 Å². The predicted molar refractivity (Wildman–Crippen MR) is 114 cm³/mol. The third-order valence-corrected chi connectivity index (χ3v) is 7.34. The number of aromatic nitrogens is 2. The van der Waals surface area contributed by atoms with Crippen LogP contribution in [0.4, 0.5) is 0 Å². The van der Waals surface area contributed by atoms with E-state index in [1.807, 2.05) is 19.9 Å². The van der Waals surface area contributed by atoms with Crippen LogP contribution in [0, 0.1) is 19.8 Å². The van der Waals surface area contributed by atoms with Crippen molar-refractivity contribution in [3.63, 3.8) is 0 Å². The zero-order valence-electron chi connectivity index (χ0n) is 16.8. The summed E-state index contributed by atoms with van der Waals surface area (Å²) in [6.07, 6.45) is 1.11. The van der Waals surface area contributed by atoms with Gasteiger partial charge >= 0.3 is 0 Å². The number of rotatable bonds is 5. The molecule has 2 aromatic rings. The zero-order chi connectivity index (χ0) is 21.9. The molecule has 9 nitrogen and oxygen atoms in total. The van der Waals surface area contributed by atoms with E-state index in [0.29, 0.717) is 19.4 Å². The van der Waals surface area contributed by atoms with E-state index in [9.17, 15) is 18.0 Å². The van der Waals surface area contributed by atoms with Crippen molar-refractivity contribution in [1.82, 2.24) is 24.9 Å². The standard InChI is InChI=1S/C19H24BrN5O4S/c1-13-10-14(2)25(23-13)12-18(26)21-22-19(27)15-4-3-9-24(11-15)30(28,29)17-7-5-16(20)6-8-17/h5-8,10,15H,3-4,9,11-12H2,1-2H3,(H,21,26)(H,22,27). The van der Waals surface area contributed by atoms with Gasteiger partial charge in [0.15, 0.2) is 0 Å². The highest BCUT2D eigenvalue weighted by Crippen LogP contribution is 2.24. The van der Waals surface area contributed by atoms with Gasteiger partial charge in [0, 0.05) is 23.3 Å². The fraction of sp³-hybridized carbons (Fsp3) is 0.421. The van der Waals surface area contributed by atoms with Gasteiger partial charge in [0.1, 0.15) is 6.54 Å². The third kappa shape index (κ3) is 5.27. The van der Waals surface area contributed by atoms with Crippen molar-refractivity contribution in [2.24, 2.45) is 5.92 Å². The smallest absolute Gasteiger partial charge is 0.260 e. The van der Waals surface area contributed by atoms with Crippen molar-refractivity contribution in [2.75, 3.05) is 13.1 Å². The summed E-state index contributed by atoms with van der Waals surface area (Å²) in [5.41, 5.74) is 6.44. The molecule has 1 aliphatic heterocycles. The van der Waals surface area contributed by atoms with Crippen LogP contribution in [0.25, 0.3) is 0 Å². The molecule has 1 aliphatic rings. The number of hydrogen-bond acceptors (Lipinski definition) is 5. The molecule has 1 saturated heterocycles. The minimum atomic E-state index is -3.69. The van der Waals surface area contributed by atoms with Crippen molar-refractivity contribution in [3.05, 3.63) is 46.2 Å². The van der Waals surface area contributed by atoms with Gasteiger partial charge in [-0.05, 0) is 57.0 Å². The summed E-state index contributed by atoms with van der Waals surface area (Å²) in [5.74, 6) is -1.37. The summed E-state index contributed by atoms with van der Waals surface area (Å²) in [6, 6.07) is 8.25. The van der Waals surface area contributed by atoms with Gasteiger partial charge < -0.3 is 0 Å². The number of carbonyl (C=O) groups is 2. The summed E-state index contributed by atoms with van der Waals surface area (Å²) in [6.45, 7) is 4.08. The molecule has 1 fully saturated rings. The van der Waals surface area contributed by atoms with Crippen molar-refractivity contribution < 1.29 is 18.0 Å². The van der Waals surface area contributed by atoms with Crippen LogP contribution in [0.15, 0.2) is 39.7 Å². The van der Waals surface area contributed by atoms with E-state index >= 15 is 0 Å². The number of halogens is 1. The molecule has 0 spiro atoms. The lowest BCUT2D eigenvalue weighted by molar-refractivity contribution is -0.132. The van der Waals surface area contributed by atoms with Crippen molar-refractivity contribution in [3.8, 4) is 0 Å². The Kier molecular flexibility index (Phi) is 6.94. The number of aryl methyl sites for hydroxylation is 2. The lowest BCUT2D eigenvalue weighted by Crippen LogP contribution is -2.50. The second-order valence-corrected chi connectivity index (χ2v) is 10.1. The Morgan fingerprint density at radius 3 is 2.53 bits per heavy atom. The molecule has 1 atom stereocenters. The molecule has 2 amide bonds. The highest BCUT2D eigenvalue weighted by atomic mass is 79.9. The molecule has 2 N–H and O–H groups in total. The third-order valence-electron chi connectivity index (χ3n) is 4.93. The Morgan fingerprint density at radius 2 is 1.90 bits per heavy atom. The molecule has 0 aliphatic carbocycles. The quantitative estimate of drug-likeness (QED) is 0.607. The molecule has 1 aromatic heterocycles. The maximum Gasteiger partial charge on any atom is 0.260 e. The molecule has 1 unspecified atom stereocenters. The number of hydrazine groups is 1. The van der Waals surface area contributed by atoms with Crippen molar-refractivity contribution >= 4 is 37.8 Å². The molecule has 2 heterocycles. The average Bonchev–Trinajstić information content (AvgIpc) is 3.03. The van der Waals surface area contributed by atoms with E-state index in [1.54, 1.807) is 16.8 Å². The number of sulfonamides is 1. The number of piperidine rings is 1. The van der Waals surface area contributed by atoms with Crippen LogP contribution in [0.5, 0.6) is 0 Å². The van der Waals surface area contributed by atoms with Gasteiger partial charge in [0.25, 0.3) is 5.91 Å². The maximum absolute atomic E-state index is 12.9. The van der Waals surface area contributed by atoms with E-state index < -0.39 is 27.8 Å². The summed E-state index contributed by atoms with van der Waals surface area (Å²) >= 11 is 3.29. The molecular weight excluding hydrogens is 474 g/mol. The second-order valence-electron chi connectivity index (χ2n) is 7.28. The predicted octanol–water partition coefficient (Wildman–Crippen LogP) is 1.51. The Bertz CT molecular complexity index is 1040. The van der Waals surface area contributed by atoms with Crippen LogP contribution < -0.4 is 10.9 Å². The average molecular weight is 498 g/mol. The largest absolute Gasteiger partial charge is 0.273 e. The molecule has 11 heteroatoms. The van der Waals surface area contributed by atoms with E-state index in [2.05, 4.69) is 31.9 Å². The number of nitrogens with zero attached hydrogens (tertiary/aromatic N) is 3. The van der Waals surface area contributed by atoms with Crippen LogP contribution in [-0.4, -0.2) is 47.4 Å². The number of nitrogens with one attached hydrogen (secondary N) is 2. The summed E-state index contributed by atoms with van der Waals surface area (Å²) in [7, 11) is -3.69. The minimum Gasteiger partial charge on any atom is -0.273 e. The number of amides is 2. The lowest BCUT2D eigenvalue weighted by Gasteiger charge is -2.31. The van der Waals surface area contributed by atoms with E-state index in [1.165, 1.54) is 16.4 Å². The highest BCUT2D eigenvalue weighted by molar-refractivity contribution is 9.10. The van der Waals surface area contributed by atoms with E-state index in [4.69, 9.17) is 0 Å². The fourth-order valence-corrected chi connectivity index (χ4v) is 5.16. The molecular formula is C19H24BrN5O4S. The Morgan fingerprint density at radius 1 is 1.20 bits per heavy atom. The zero-order valence-corrected chi connectivity index (χ0v) is 19.2. The van der Waals surface area contributed by atoms with Gasteiger partial charge in [-0.15, -0.1) is 0 Å². The van der Waals surface area contributed by atoms with Gasteiger partial charge in [0.2, 0.25) is 15.9 Å². The lowest BCUT2D eigenvalue weighted by atomic mass is 9.99. The first-order valence-electron chi connectivity index (χ1n) is 9.52. The van der Waals surface area contributed by atoms with E-state index in [0.717, 1.165) is 15.9 Å². The number of hydrogen-bond donors (Lipinski definition) is 2. The second kappa shape index (κ2) is 9.27. The molecule has 30 heavy (non-hydrogen) atoms. The Hall–Kier alpha value is -2.24. The topological polar surface area (TPSA) is 113 Å². The van der Waals surface area contributed by atoms with Crippen LogP contribution >= 0.6 is 15.9 Å². The summed E-state index contributed by atoms with van der Waals surface area (Å²) in [4.78, 5) is 24.8. The van der Waals surface area contributed by atoms with Gasteiger partial charge in [0.05, 0.1) is 16.5 Å². The van der Waals surface area contributed by atoms with Gasteiger partial charge in [-0.3, -0.25) is 25.1 Å². The van der Waals surface area contributed by atoms with Crippen LogP contribution in [0.2, 0.25) is 0 Å². The fourth-order valence-electron chi connectivity index (χ4n) is 3.37. The summed E-state index contributed by atoms with van der Waals surface area (Å²) in [5, 5.41) is 4.21. The number of carbonyl (C=O) groups excluding carboxylic acids is 2. The van der Waals surface area contributed by atoms with Crippen molar-refractivity contribution in [1.29, 1.82) is 0 Å². The van der Waals surface area contributed by atoms with Gasteiger partial charge in [-0.1, -0.05) is 15.9 Å². The normalized spacial score (nSPS) is 17.5. The molecule has 1 aromatic carbocycles. The SMILES string of the molecule is Cc1cc(C)n(CC(=O)NNC(=O)C2CCCN(S(=O)(=O)c3ccc(Br)cc3)C2)n1. The van der Waals surface area contributed by atoms with Crippen molar-refractivity contribution in [2.45, 2.75) is 38.1 Å². The maximum atomic E-state index is 12.9. The first-order valence-corrected chi connectivity index (χ1v) is 11.8.